The molecule has 0 amide bonds. The molecule has 0 fully saturated rings. The number of halogens is 2. The molecule has 0 radical (unpaired) electrons. The van der Waals surface area contributed by atoms with E-state index in [9.17, 15) is 17.2 Å². The van der Waals surface area contributed by atoms with Crippen molar-refractivity contribution in [2.75, 3.05) is 20.6 Å². The molecule has 0 aliphatic heterocycles. The Morgan fingerprint density at radius 2 is 2.18 bits per heavy atom. The lowest BCUT2D eigenvalue weighted by molar-refractivity contribution is 0.126. The molecular formula is C9H14F2N2O2S2. The van der Waals surface area contributed by atoms with Crippen molar-refractivity contribution in [1.82, 2.24) is 9.62 Å². The van der Waals surface area contributed by atoms with E-state index >= 15 is 0 Å². The maximum atomic E-state index is 12.2. The maximum Gasteiger partial charge on any atom is 0.252 e. The molecule has 8 heteroatoms. The fourth-order valence-electron chi connectivity index (χ4n) is 1.31. The van der Waals surface area contributed by atoms with Gasteiger partial charge in [-0.15, -0.1) is 11.3 Å². The monoisotopic (exact) mass is 284 g/mol. The van der Waals surface area contributed by atoms with Gasteiger partial charge < -0.3 is 5.32 Å². The van der Waals surface area contributed by atoms with Crippen molar-refractivity contribution in [3.63, 3.8) is 0 Å². The lowest BCUT2D eigenvalue weighted by Crippen LogP contribution is -2.31. The molecule has 17 heavy (non-hydrogen) atoms. The average Bonchev–Trinajstić information content (AvgIpc) is 2.66. The summed E-state index contributed by atoms with van der Waals surface area (Å²) in [6.45, 7) is -0.397. The van der Waals surface area contributed by atoms with E-state index in [2.05, 4.69) is 5.32 Å². The van der Waals surface area contributed by atoms with Crippen LogP contribution in [0.1, 0.15) is 4.88 Å². The van der Waals surface area contributed by atoms with Crippen molar-refractivity contribution < 1.29 is 17.2 Å². The van der Waals surface area contributed by atoms with Gasteiger partial charge in [0.15, 0.2) is 0 Å². The SMILES string of the molecule is CNCc1sccc1S(=O)(=O)N(C)CC(F)F. The summed E-state index contributed by atoms with van der Waals surface area (Å²) in [4.78, 5) is 0.716. The Hall–Kier alpha value is -0.570. The van der Waals surface area contributed by atoms with E-state index in [0.717, 1.165) is 7.05 Å². The number of thiophene rings is 1. The fourth-order valence-corrected chi connectivity index (χ4v) is 3.88. The number of alkyl halides is 2. The van der Waals surface area contributed by atoms with E-state index in [-0.39, 0.29) is 4.90 Å². The molecule has 1 heterocycles. The van der Waals surface area contributed by atoms with Gasteiger partial charge in [-0.1, -0.05) is 0 Å². The van der Waals surface area contributed by atoms with Crippen molar-refractivity contribution in [3.8, 4) is 0 Å². The van der Waals surface area contributed by atoms with Gasteiger partial charge in [0.05, 0.1) is 11.4 Å². The van der Waals surface area contributed by atoms with E-state index in [4.69, 9.17) is 0 Å². The topological polar surface area (TPSA) is 49.4 Å². The first-order chi connectivity index (χ1) is 7.89. The molecule has 1 rings (SSSR count). The molecule has 0 spiro atoms. The Bertz CT molecular complexity index is 459. The Labute approximate surface area is 103 Å². The van der Waals surface area contributed by atoms with Crippen LogP contribution in [0.15, 0.2) is 16.3 Å². The second-order valence-corrected chi connectivity index (χ2v) is 6.43. The molecule has 4 nitrogen and oxygen atoms in total. The van der Waals surface area contributed by atoms with Crippen molar-refractivity contribution >= 4 is 21.4 Å². The van der Waals surface area contributed by atoms with Crippen molar-refractivity contribution in [2.24, 2.45) is 0 Å². The van der Waals surface area contributed by atoms with Crippen LogP contribution in [0.25, 0.3) is 0 Å². The van der Waals surface area contributed by atoms with Crippen molar-refractivity contribution in [2.45, 2.75) is 17.9 Å². The predicted octanol–water partition coefficient (Wildman–Crippen LogP) is 1.35. The summed E-state index contributed by atoms with van der Waals surface area (Å²) in [6.07, 6.45) is -2.68. The number of hydrogen-bond donors (Lipinski definition) is 1. The Morgan fingerprint density at radius 3 is 2.71 bits per heavy atom. The minimum atomic E-state index is -3.82. The molecule has 1 aromatic heterocycles. The van der Waals surface area contributed by atoms with Gasteiger partial charge >= 0.3 is 0 Å². The third kappa shape index (κ3) is 3.44. The highest BCUT2D eigenvalue weighted by Gasteiger charge is 2.26. The van der Waals surface area contributed by atoms with E-state index < -0.39 is 23.0 Å². The molecule has 0 unspecified atom stereocenters. The quantitative estimate of drug-likeness (QED) is 0.858. The zero-order valence-corrected chi connectivity index (χ0v) is 11.1. The molecule has 0 aromatic carbocycles. The van der Waals surface area contributed by atoms with Gasteiger partial charge in [-0.3, -0.25) is 0 Å². The number of hydrogen-bond acceptors (Lipinski definition) is 4. The lowest BCUT2D eigenvalue weighted by atomic mass is 10.5. The molecule has 0 saturated carbocycles. The van der Waals surface area contributed by atoms with Crippen LogP contribution in [-0.4, -0.2) is 39.8 Å². The summed E-state index contributed by atoms with van der Waals surface area (Å²) in [5.41, 5.74) is 0. The summed E-state index contributed by atoms with van der Waals surface area (Å²) >= 11 is 1.28. The van der Waals surface area contributed by atoms with Gasteiger partial charge in [0.1, 0.15) is 0 Å². The molecule has 1 N–H and O–H groups in total. The minimum Gasteiger partial charge on any atom is -0.315 e. The average molecular weight is 284 g/mol. The highest BCUT2D eigenvalue weighted by molar-refractivity contribution is 7.89. The Balaban J connectivity index is 3.00. The summed E-state index contributed by atoms with van der Waals surface area (Å²) in [5, 5.41) is 4.48. The first kappa shape index (κ1) is 14.5. The second-order valence-electron chi connectivity index (χ2n) is 3.41. The molecule has 0 saturated heterocycles. The largest absolute Gasteiger partial charge is 0.315 e. The standard InChI is InChI=1S/C9H14F2N2O2S2/c1-12-5-7-8(3-4-16-7)17(14,15)13(2)6-9(10)11/h3-4,9,12H,5-6H2,1-2H3. The molecule has 1 aromatic rings. The van der Waals surface area contributed by atoms with Gasteiger partial charge in [-0.25, -0.2) is 17.2 Å². The van der Waals surface area contributed by atoms with Crippen LogP contribution in [0.2, 0.25) is 0 Å². The number of nitrogens with zero attached hydrogens (tertiary/aromatic N) is 1. The van der Waals surface area contributed by atoms with Crippen molar-refractivity contribution in [3.05, 3.63) is 16.3 Å². The van der Waals surface area contributed by atoms with Crippen molar-refractivity contribution in [1.29, 1.82) is 0 Å². The van der Waals surface area contributed by atoms with E-state index in [1.807, 2.05) is 0 Å². The zero-order chi connectivity index (χ0) is 13.1. The van der Waals surface area contributed by atoms with Crippen LogP contribution in [0.4, 0.5) is 8.78 Å². The number of nitrogens with one attached hydrogen (secondary N) is 1. The third-order valence-corrected chi connectivity index (χ3v) is 5.08. The summed E-state index contributed by atoms with van der Waals surface area (Å²) in [6, 6.07) is 1.44. The molecule has 98 valence electrons. The highest BCUT2D eigenvalue weighted by Crippen LogP contribution is 2.24. The lowest BCUT2D eigenvalue weighted by Gasteiger charge is -2.16. The highest BCUT2D eigenvalue weighted by atomic mass is 32.2. The molecule has 0 aliphatic carbocycles. The van der Waals surface area contributed by atoms with Crippen LogP contribution in [-0.2, 0) is 16.6 Å². The van der Waals surface area contributed by atoms with Crippen LogP contribution in [0.5, 0.6) is 0 Å². The second kappa shape index (κ2) is 5.85. The Morgan fingerprint density at radius 1 is 1.53 bits per heavy atom. The zero-order valence-electron chi connectivity index (χ0n) is 9.48. The van der Waals surface area contributed by atoms with Gasteiger partial charge in [0.2, 0.25) is 10.0 Å². The maximum absolute atomic E-state index is 12.2. The molecular weight excluding hydrogens is 270 g/mol. The molecule has 0 atom stereocenters. The fraction of sp³-hybridized carbons (Fsp3) is 0.556. The van der Waals surface area contributed by atoms with Crippen LogP contribution in [0.3, 0.4) is 0 Å². The van der Waals surface area contributed by atoms with E-state index in [0.29, 0.717) is 15.7 Å². The van der Waals surface area contributed by atoms with Crippen LogP contribution >= 0.6 is 11.3 Å². The van der Waals surface area contributed by atoms with Gasteiger partial charge in [0, 0.05) is 18.5 Å². The predicted molar refractivity (Wildman–Crippen MR) is 62.9 cm³/mol. The first-order valence-electron chi connectivity index (χ1n) is 4.85. The van der Waals surface area contributed by atoms with E-state index in [1.54, 1.807) is 12.4 Å². The molecule has 0 aliphatic rings. The summed E-state index contributed by atoms with van der Waals surface area (Å²) in [5.74, 6) is 0. The normalized spacial score (nSPS) is 12.6. The number of sulfonamides is 1. The molecule has 0 bridgehead atoms. The summed E-state index contributed by atoms with van der Waals surface area (Å²) in [7, 11) is -0.971. The van der Waals surface area contributed by atoms with E-state index in [1.165, 1.54) is 17.4 Å². The smallest absolute Gasteiger partial charge is 0.252 e. The van der Waals surface area contributed by atoms with Gasteiger partial charge in [-0.05, 0) is 18.5 Å². The van der Waals surface area contributed by atoms with Crippen LogP contribution < -0.4 is 5.32 Å². The summed E-state index contributed by atoms with van der Waals surface area (Å²) < 4.78 is 49.1. The van der Waals surface area contributed by atoms with Crippen LogP contribution in [0, 0.1) is 0 Å². The number of rotatable bonds is 6. The van der Waals surface area contributed by atoms with Gasteiger partial charge in [-0.2, -0.15) is 4.31 Å². The Kier molecular flexibility index (Phi) is 4.99. The van der Waals surface area contributed by atoms with Gasteiger partial charge in [0.25, 0.3) is 6.43 Å². The first-order valence-corrected chi connectivity index (χ1v) is 7.17. The minimum absolute atomic E-state index is 0.0972. The third-order valence-electron chi connectivity index (χ3n) is 2.13.